The van der Waals surface area contributed by atoms with Gasteiger partial charge in [-0.15, -0.1) is 0 Å². The Morgan fingerprint density at radius 3 is 2.32 bits per heavy atom. The maximum atomic E-state index is 12.5. The van der Waals surface area contributed by atoms with Gasteiger partial charge in [0, 0.05) is 14.5 Å². The highest BCUT2D eigenvalue weighted by Crippen LogP contribution is 2.26. The van der Waals surface area contributed by atoms with Crippen LogP contribution in [0.4, 0.5) is 0 Å². The molecule has 0 spiro atoms. The number of hydrogen-bond acceptors (Lipinski definition) is 2. The van der Waals surface area contributed by atoms with Crippen LogP contribution in [0.25, 0.3) is 0 Å². The van der Waals surface area contributed by atoms with E-state index in [1.165, 1.54) is 0 Å². The van der Waals surface area contributed by atoms with Crippen LogP contribution in [0, 0.1) is 0 Å². The van der Waals surface area contributed by atoms with Gasteiger partial charge in [0.2, 0.25) is 0 Å². The Hall–Kier alpha value is -1.13. The number of benzene rings is 2. The molecular weight excluding hydrogens is 372 g/mol. The molecule has 0 heterocycles. The van der Waals surface area contributed by atoms with E-state index >= 15 is 0 Å². The molecule has 0 amide bonds. The number of ether oxygens (including phenoxy) is 1. The average Bonchev–Trinajstić information content (AvgIpc) is 2.41. The molecule has 0 saturated heterocycles. The van der Waals surface area contributed by atoms with Crippen molar-refractivity contribution in [2.24, 2.45) is 0 Å². The van der Waals surface area contributed by atoms with E-state index in [4.69, 9.17) is 4.74 Å². The Morgan fingerprint density at radius 2 is 1.68 bits per heavy atom. The topological polar surface area (TPSA) is 26.3 Å². The van der Waals surface area contributed by atoms with E-state index in [0.29, 0.717) is 23.5 Å². The van der Waals surface area contributed by atoms with Gasteiger partial charge in [0.25, 0.3) is 0 Å². The minimum absolute atomic E-state index is 0.0442. The SMILES string of the molecule is CCOc1ccc(Br)cc1C(=O)c1ccc(Br)cc1. The van der Waals surface area contributed by atoms with Crippen LogP contribution in [0.1, 0.15) is 22.8 Å². The van der Waals surface area contributed by atoms with Gasteiger partial charge >= 0.3 is 0 Å². The molecule has 19 heavy (non-hydrogen) atoms. The second-order valence-electron chi connectivity index (χ2n) is 3.91. The van der Waals surface area contributed by atoms with Crippen LogP contribution in [0.15, 0.2) is 51.4 Å². The third-order valence-electron chi connectivity index (χ3n) is 2.59. The summed E-state index contributed by atoms with van der Waals surface area (Å²) in [5.74, 6) is 0.566. The summed E-state index contributed by atoms with van der Waals surface area (Å²) >= 11 is 6.74. The number of hydrogen-bond donors (Lipinski definition) is 0. The van der Waals surface area contributed by atoms with Crippen LogP contribution in [-0.4, -0.2) is 12.4 Å². The summed E-state index contributed by atoms with van der Waals surface area (Å²) in [7, 11) is 0. The van der Waals surface area contributed by atoms with E-state index in [-0.39, 0.29) is 5.78 Å². The summed E-state index contributed by atoms with van der Waals surface area (Å²) in [6, 6.07) is 12.8. The van der Waals surface area contributed by atoms with Crippen molar-refractivity contribution in [3.63, 3.8) is 0 Å². The lowest BCUT2D eigenvalue weighted by molar-refractivity contribution is 0.103. The minimum Gasteiger partial charge on any atom is -0.493 e. The van der Waals surface area contributed by atoms with Gasteiger partial charge in [0.05, 0.1) is 12.2 Å². The normalized spacial score (nSPS) is 10.3. The minimum atomic E-state index is -0.0442. The smallest absolute Gasteiger partial charge is 0.196 e. The van der Waals surface area contributed by atoms with Crippen molar-refractivity contribution in [1.29, 1.82) is 0 Å². The molecule has 0 atom stereocenters. The standard InChI is InChI=1S/C15H12Br2O2/c1-2-19-14-8-7-12(17)9-13(14)15(18)10-3-5-11(16)6-4-10/h3-9H,2H2,1H3. The molecule has 0 aromatic heterocycles. The summed E-state index contributed by atoms with van der Waals surface area (Å²) in [6.07, 6.45) is 0. The van der Waals surface area contributed by atoms with Gasteiger partial charge in [0.15, 0.2) is 5.78 Å². The van der Waals surface area contributed by atoms with Crippen LogP contribution in [0.5, 0.6) is 5.75 Å². The third-order valence-corrected chi connectivity index (χ3v) is 3.61. The summed E-state index contributed by atoms with van der Waals surface area (Å²) in [6.45, 7) is 2.43. The summed E-state index contributed by atoms with van der Waals surface area (Å²) in [5, 5.41) is 0. The highest BCUT2D eigenvalue weighted by molar-refractivity contribution is 9.10. The number of carbonyl (C=O) groups is 1. The average molecular weight is 384 g/mol. The van der Waals surface area contributed by atoms with E-state index in [1.54, 1.807) is 24.3 Å². The fourth-order valence-corrected chi connectivity index (χ4v) is 2.34. The molecule has 0 unspecified atom stereocenters. The zero-order valence-corrected chi connectivity index (χ0v) is 13.5. The first-order valence-corrected chi connectivity index (χ1v) is 7.43. The van der Waals surface area contributed by atoms with Crippen molar-refractivity contribution in [1.82, 2.24) is 0 Å². The molecule has 0 fully saturated rings. The lowest BCUT2D eigenvalue weighted by Gasteiger charge is -2.10. The van der Waals surface area contributed by atoms with Crippen molar-refractivity contribution in [2.75, 3.05) is 6.61 Å². The van der Waals surface area contributed by atoms with Crippen LogP contribution < -0.4 is 4.74 Å². The molecule has 2 rings (SSSR count). The first-order chi connectivity index (χ1) is 9.11. The Labute approximate surface area is 129 Å². The van der Waals surface area contributed by atoms with Gasteiger partial charge in [-0.25, -0.2) is 0 Å². The first kappa shape index (κ1) is 14.3. The van der Waals surface area contributed by atoms with E-state index < -0.39 is 0 Å². The van der Waals surface area contributed by atoms with Crippen molar-refractivity contribution >= 4 is 37.6 Å². The highest BCUT2D eigenvalue weighted by atomic mass is 79.9. The second-order valence-corrected chi connectivity index (χ2v) is 5.74. The lowest BCUT2D eigenvalue weighted by Crippen LogP contribution is -2.05. The number of rotatable bonds is 4. The predicted octanol–water partition coefficient (Wildman–Crippen LogP) is 4.84. The van der Waals surface area contributed by atoms with Crippen molar-refractivity contribution in [2.45, 2.75) is 6.92 Å². The summed E-state index contributed by atoms with van der Waals surface area (Å²) < 4.78 is 7.31. The molecule has 0 radical (unpaired) electrons. The van der Waals surface area contributed by atoms with E-state index in [1.807, 2.05) is 25.1 Å². The molecule has 0 aliphatic heterocycles. The van der Waals surface area contributed by atoms with Gasteiger partial charge < -0.3 is 4.74 Å². The molecule has 0 bridgehead atoms. The maximum absolute atomic E-state index is 12.5. The van der Waals surface area contributed by atoms with Crippen molar-refractivity contribution in [3.8, 4) is 5.75 Å². The Balaban J connectivity index is 2.42. The monoisotopic (exact) mass is 382 g/mol. The second kappa shape index (κ2) is 6.35. The first-order valence-electron chi connectivity index (χ1n) is 5.84. The van der Waals surface area contributed by atoms with Gasteiger partial charge in [-0.1, -0.05) is 31.9 Å². The molecular formula is C15H12Br2O2. The fourth-order valence-electron chi connectivity index (χ4n) is 1.72. The maximum Gasteiger partial charge on any atom is 0.196 e. The van der Waals surface area contributed by atoms with Crippen LogP contribution in [0.2, 0.25) is 0 Å². The van der Waals surface area contributed by atoms with Crippen molar-refractivity contribution < 1.29 is 9.53 Å². The number of ketones is 1. The highest BCUT2D eigenvalue weighted by Gasteiger charge is 2.15. The van der Waals surface area contributed by atoms with Crippen LogP contribution >= 0.6 is 31.9 Å². The summed E-state index contributed by atoms with van der Waals surface area (Å²) in [4.78, 5) is 12.5. The summed E-state index contributed by atoms with van der Waals surface area (Å²) in [5.41, 5.74) is 1.21. The van der Waals surface area contributed by atoms with Crippen LogP contribution in [-0.2, 0) is 0 Å². The van der Waals surface area contributed by atoms with Gasteiger partial charge in [0.1, 0.15) is 5.75 Å². The van der Waals surface area contributed by atoms with Gasteiger partial charge in [-0.05, 0) is 49.4 Å². The van der Waals surface area contributed by atoms with Crippen molar-refractivity contribution in [3.05, 3.63) is 62.5 Å². The van der Waals surface area contributed by atoms with E-state index in [0.717, 1.165) is 8.95 Å². The van der Waals surface area contributed by atoms with E-state index in [9.17, 15) is 4.79 Å². The largest absolute Gasteiger partial charge is 0.493 e. The molecule has 0 saturated carbocycles. The molecule has 2 aromatic carbocycles. The number of carbonyl (C=O) groups excluding carboxylic acids is 1. The Morgan fingerprint density at radius 1 is 1.05 bits per heavy atom. The van der Waals surface area contributed by atoms with Gasteiger partial charge in [-0.3, -0.25) is 4.79 Å². The molecule has 98 valence electrons. The molecule has 2 nitrogen and oxygen atoms in total. The number of halogens is 2. The fraction of sp³-hybridized carbons (Fsp3) is 0.133. The van der Waals surface area contributed by atoms with E-state index in [2.05, 4.69) is 31.9 Å². The Bertz CT molecular complexity index is 592. The molecule has 2 aromatic rings. The predicted molar refractivity (Wildman–Crippen MR) is 82.9 cm³/mol. The Kier molecular flexibility index (Phi) is 4.77. The molecule has 0 aliphatic carbocycles. The van der Waals surface area contributed by atoms with Crippen LogP contribution in [0.3, 0.4) is 0 Å². The zero-order valence-electron chi connectivity index (χ0n) is 10.3. The lowest BCUT2D eigenvalue weighted by atomic mass is 10.0. The molecule has 4 heteroatoms. The third kappa shape index (κ3) is 3.45. The van der Waals surface area contributed by atoms with Gasteiger partial charge in [-0.2, -0.15) is 0 Å². The quantitative estimate of drug-likeness (QED) is 0.706. The molecule has 0 aliphatic rings. The zero-order chi connectivity index (χ0) is 13.8. The molecule has 0 N–H and O–H groups in total.